The third-order valence-corrected chi connectivity index (χ3v) is 4.76. The van der Waals surface area contributed by atoms with Gasteiger partial charge in [-0.15, -0.1) is 0 Å². The summed E-state index contributed by atoms with van der Waals surface area (Å²) in [7, 11) is 0. The van der Waals surface area contributed by atoms with E-state index in [2.05, 4.69) is 4.74 Å². The van der Waals surface area contributed by atoms with Crippen LogP contribution >= 0.6 is 0 Å². The van der Waals surface area contributed by atoms with E-state index in [-0.39, 0.29) is 19.4 Å². The van der Waals surface area contributed by atoms with Crippen molar-refractivity contribution in [2.75, 3.05) is 13.2 Å². The first-order valence-corrected chi connectivity index (χ1v) is 9.43. The van der Waals surface area contributed by atoms with Crippen LogP contribution in [0.25, 0.3) is 0 Å². The summed E-state index contributed by atoms with van der Waals surface area (Å²) in [6.07, 6.45) is -2.76. The van der Waals surface area contributed by atoms with Gasteiger partial charge < -0.3 is 9.47 Å². The fourth-order valence-corrected chi connectivity index (χ4v) is 2.51. The molecule has 0 aliphatic heterocycles. The third kappa shape index (κ3) is 5.96. The minimum Gasteiger partial charge on any atom is -0.465 e. The molecule has 0 bridgehead atoms. The smallest absolute Gasteiger partial charge is 0.381 e. The van der Waals surface area contributed by atoms with Gasteiger partial charge in [0, 0.05) is 0 Å². The van der Waals surface area contributed by atoms with E-state index in [0.717, 1.165) is 19.3 Å². The zero-order valence-electron chi connectivity index (χ0n) is 16.9. The Bertz CT molecular complexity index is 562. The second kappa shape index (κ2) is 11.1. The van der Waals surface area contributed by atoms with Gasteiger partial charge in [0.25, 0.3) is 0 Å². The lowest BCUT2D eigenvalue weighted by Gasteiger charge is -2.33. The number of carbonyl (C=O) groups excluding carboxylic acids is 2. The van der Waals surface area contributed by atoms with Crippen LogP contribution in [0.5, 0.6) is 0 Å². The number of ether oxygens (including phenoxy) is 2. The monoisotopic (exact) mass is 458 g/mol. The maximum Gasteiger partial charge on any atom is 0.381 e. The fourth-order valence-electron chi connectivity index (χ4n) is 2.51. The second-order valence-corrected chi connectivity index (χ2v) is 6.76. The largest absolute Gasteiger partial charge is 0.465 e. The van der Waals surface area contributed by atoms with Crippen LogP contribution in [0.3, 0.4) is 0 Å². The minimum atomic E-state index is -6.50. The van der Waals surface area contributed by atoms with Crippen LogP contribution in [-0.2, 0) is 19.1 Å². The van der Waals surface area contributed by atoms with Gasteiger partial charge in [-0.2, -0.15) is 26.3 Å². The summed E-state index contributed by atoms with van der Waals surface area (Å²) < 4.78 is 113. The van der Waals surface area contributed by atoms with Crippen LogP contribution in [0.15, 0.2) is 0 Å². The van der Waals surface area contributed by atoms with Crippen LogP contribution in [0, 0.1) is 5.41 Å². The molecule has 0 rings (SSSR count). The Hall–Kier alpha value is -1.62. The highest BCUT2D eigenvalue weighted by molar-refractivity contribution is 6.00. The molecule has 0 amide bonds. The Balaban J connectivity index is 5.29. The van der Waals surface area contributed by atoms with E-state index in [1.807, 2.05) is 6.92 Å². The average Bonchev–Trinajstić information content (AvgIpc) is 2.67. The van der Waals surface area contributed by atoms with Crippen molar-refractivity contribution in [3.8, 4) is 0 Å². The maximum absolute atomic E-state index is 13.6. The normalized spacial score (nSPS) is 13.5. The fraction of sp³-hybridized carbons (Fsp3) is 0.889. The average molecular weight is 458 g/mol. The molecular formula is C18H26F8O4. The number of unbranched alkanes of at least 4 members (excludes halogenated alkanes) is 3. The highest BCUT2D eigenvalue weighted by atomic mass is 19.4. The van der Waals surface area contributed by atoms with E-state index >= 15 is 0 Å². The van der Waals surface area contributed by atoms with E-state index in [0.29, 0.717) is 6.42 Å². The second-order valence-electron chi connectivity index (χ2n) is 6.76. The summed E-state index contributed by atoms with van der Waals surface area (Å²) in [6.45, 7) is 1.86. The molecule has 0 aromatic heterocycles. The number of hydrogen-bond donors (Lipinski definition) is 0. The van der Waals surface area contributed by atoms with E-state index in [1.54, 1.807) is 0 Å². The molecule has 0 radical (unpaired) electrons. The standard InChI is InChI=1S/C18H26F8O4/c1-4-7-8-9-10-29-13(27)15(5-2,6-3)14(28)30-11-16(21,22)18(25,26)17(23,24)12(19)20/h12H,4-11H2,1-3H3. The first kappa shape index (κ1) is 28.4. The van der Waals surface area contributed by atoms with Crippen molar-refractivity contribution in [3.63, 3.8) is 0 Å². The Labute approximate surface area is 169 Å². The van der Waals surface area contributed by atoms with Crippen molar-refractivity contribution in [2.45, 2.75) is 83.5 Å². The lowest BCUT2D eigenvalue weighted by molar-refractivity contribution is -0.344. The molecule has 0 spiro atoms. The zero-order chi connectivity index (χ0) is 23.8. The van der Waals surface area contributed by atoms with Crippen LogP contribution in [0.1, 0.15) is 59.3 Å². The quantitative estimate of drug-likeness (QED) is 0.147. The van der Waals surface area contributed by atoms with Gasteiger partial charge >= 0.3 is 36.1 Å². The van der Waals surface area contributed by atoms with E-state index in [1.165, 1.54) is 13.8 Å². The molecule has 0 fully saturated rings. The molecule has 0 aliphatic carbocycles. The van der Waals surface area contributed by atoms with Crippen molar-refractivity contribution in [2.24, 2.45) is 5.41 Å². The van der Waals surface area contributed by atoms with E-state index < -0.39 is 48.2 Å². The highest BCUT2D eigenvalue weighted by Gasteiger charge is 2.75. The minimum absolute atomic E-state index is 0.0806. The van der Waals surface area contributed by atoms with Gasteiger partial charge in [-0.3, -0.25) is 9.59 Å². The SMILES string of the molecule is CCCCCCOC(=O)C(CC)(CC)C(=O)OCC(F)(F)C(F)(F)C(F)(F)C(F)F. The zero-order valence-corrected chi connectivity index (χ0v) is 16.9. The van der Waals surface area contributed by atoms with Gasteiger partial charge in [0.05, 0.1) is 6.61 Å². The Morgan fingerprint density at radius 1 is 0.800 bits per heavy atom. The Morgan fingerprint density at radius 2 is 1.30 bits per heavy atom. The predicted molar refractivity (Wildman–Crippen MR) is 89.9 cm³/mol. The van der Waals surface area contributed by atoms with Crippen LogP contribution in [-0.4, -0.2) is 49.3 Å². The van der Waals surface area contributed by atoms with Gasteiger partial charge in [0.1, 0.15) is 0 Å². The van der Waals surface area contributed by atoms with Crippen molar-refractivity contribution in [1.29, 1.82) is 0 Å². The van der Waals surface area contributed by atoms with Crippen molar-refractivity contribution < 1.29 is 54.2 Å². The molecule has 0 heterocycles. The molecule has 4 nitrogen and oxygen atoms in total. The molecule has 0 atom stereocenters. The Kier molecular flexibility index (Phi) is 10.5. The number of carbonyl (C=O) groups is 2. The molecule has 178 valence electrons. The van der Waals surface area contributed by atoms with Crippen LogP contribution in [0.2, 0.25) is 0 Å². The first-order chi connectivity index (χ1) is 13.7. The third-order valence-electron chi connectivity index (χ3n) is 4.76. The van der Waals surface area contributed by atoms with E-state index in [9.17, 15) is 44.7 Å². The predicted octanol–water partition coefficient (Wildman–Crippen LogP) is 5.63. The summed E-state index contributed by atoms with van der Waals surface area (Å²) in [6, 6.07) is 0. The number of hydrogen-bond acceptors (Lipinski definition) is 4. The van der Waals surface area contributed by atoms with Gasteiger partial charge in [0.2, 0.25) is 0 Å². The molecule has 30 heavy (non-hydrogen) atoms. The van der Waals surface area contributed by atoms with Crippen LogP contribution < -0.4 is 0 Å². The maximum atomic E-state index is 13.6. The molecule has 0 saturated carbocycles. The van der Waals surface area contributed by atoms with Crippen molar-refractivity contribution in [3.05, 3.63) is 0 Å². The molecule has 0 unspecified atom stereocenters. The molecule has 0 aromatic carbocycles. The van der Waals surface area contributed by atoms with Gasteiger partial charge in [-0.1, -0.05) is 40.0 Å². The molecular weight excluding hydrogens is 432 g/mol. The molecule has 0 aromatic rings. The van der Waals surface area contributed by atoms with Gasteiger partial charge in [-0.05, 0) is 19.3 Å². The highest BCUT2D eigenvalue weighted by Crippen LogP contribution is 2.48. The van der Waals surface area contributed by atoms with E-state index in [4.69, 9.17) is 4.74 Å². The van der Waals surface area contributed by atoms with Crippen molar-refractivity contribution >= 4 is 11.9 Å². The number of alkyl halides is 8. The molecule has 0 N–H and O–H groups in total. The Morgan fingerprint density at radius 3 is 1.73 bits per heavy atom. The summed E-state index contributed by atoms with van der Waals surface area (Å²) >= 11 is 0. The lowest BCUT2D eigenvalue weighted by atomic mass is 9.82. The summed E-state index contributed by atoms with van der Waals surface area (Å²) in [4.78, 5) is 24.5. The van der Waals surface area contributed by atoms with Gasteiger partial charge in [-0.25, -0.2) is 8.78 Å². The summed E-state index contributed by atoms with van der Waals surface area (Å²) in [5, 5.41) is 0. The van der Waals surface area contributed by atoms with Crippen molar-refractivity contribution in [1.82, 2.24) is 0 Å². The van der Waals surface area contributed by atoms with Gasteiger partial charge in [0.15, 0.2) is 12.0 Å². The molecule has 0 aliphatic rings. The van der Waals surface area contributed by atoms with Crippen LogP contribution in [0.4, 0.5) is 35.1 Å². The number of rotatable bonds is 14. The first-order valence-electron chi connectivity index (χ1n) is 9.43. The number of esters is 2. The molecule has 0 saturated heterocycles. The topological polar surface area (TPSA) is 52.6 Å². The number of halogens is 8. The lowest BCUT2D eigenvalue weighted by Crippen LogP contribution is -2.59. The summed E-state index contributed by atoms with van der Waals surface area (Å²) in [5.41, 5.74) is -2.12. The summed E-state index contributed by atoms with van der Waals surface area (Å²) in [5.74, 6) is -21.5. The molecule has 12 heteroatoms.